The first kappa shape index (κ1) is 20.2. The van der Waals surface area contributed by atoms with Gasteiger partial charge in [-0.15, -0.1) is 0 Å². The molecule has 5 nitrogen and oxygen atoms in total. The van der Waals surface area contributed by atoms with Crippen molar-refractivity contribution in [2.24, 2.45) is 0 Å². The molecule has 0 unspecified atom stereocenters. The highest BCUT2D eigenvalue weighted by Gasteiger charge is 2.44. The molecule has 1 N–H and O–H groups in total. The Balaban J connectivity index is 1.57. The monoisotopic (exact) mass is 431 g/mol. The average Bonchev–Trinajstić information content (AvgIpc) is 3.50. The largest absolute Gasteiger partial charge is 0.352 e. The lowest BCUT2D eigenvalue weighted by atomic mass is 9.95. The normalized spacial score (nSPS) is 21.6. The zero-order valence-electron chi connectivity index (χ0n) is 18.2. The van der Waals surface area contributed by atoms with E-state index in [9.17, 15) is 0 Å². The molecule has 2 atom stereocenters. The summed E-state index contributed by atoms with van der Waals surface area (Å²) in [6.07, 6.45) is 10.6. The number of aromatic nitrogens is 3. The lowest BCUT2D eigenvalue weighted by Gasteiger charge is -2.33. The maximum Gasteiger partial charge on any atom is 0.170 e. The van der Waals surface area contributed by atoms with Crippen molar-refractivity contribution in [3.05, 3.63) is 83.2 Å². The van der Waals surface area contributed by atoms with E-state index in [0.29, 0.717) is 6.04 Å². The summed E-state index contributed by atoms with van der Waals surface area (Å²) >= 11 is 5.89. The van der Waals surface area contributed by atoms with Gasteiger partial charge < -0.3 is 14.8 Å². The summed E-state index contributed by atoms with van der Waals surface area (Å²) in [5, 5.41) is 4.50. The molecule has 1 aliphatic carbocycles. The van der Waals surface area contributed by atoms with Gasteiger partial charge in [-0.25, -0.2) is 0 Å². The fourth-order valence-electron chi connectivity index (χ4n) is 5.32. The zero-order valence-corrected chi connectivity index (χ0v) is 19.0. The van der Waals surface area contributed by atoms with E-state index in [1.807, 2.05) is 24.7 Å². The maximum atomic E-state index is 5.89. The molecule has 4 heterocycles. The van der Waals surface area contributed by atoms with E-state index in [4.69, 9.17) is 17.2 Å². The Labute approximate surface area is 189 Å². The predicted octanol–water partition coefficient (Wildman–Crippen LogP) is 4.86. The highest BCUT2D eigenvalue weighted by molar-refractivity contribution is 7.80. The zero-order chi connectivity index (χ0) is 21.4. The van der Waals surface area contributed by atoms with Gasteiger partial charge in [0.05, 0.1) is 17.8 Å². The number of nitrogens with zero attached hydrogens (tertiary/aromatic N) is 4. The summed E-state index contributed by atoms with van der Waals surface area (Å²) in [4.78, 5) is 11.3. The van der Waals surface area contributed by atoms with Gasteiger partial charge in [-0.1, -0.05) is 18.9 Å². The van der Waals surface area contributed by atoms with Crippen LogP contribution in [0.3, 0.4) is 0 Å². The Morgan fingerprint density at radius 2 is 1.84 bits per heavy atom. The number of pyridine rings is 2. The lowest BCUT2D eigenvalue weighted by molar-refractivity contribution is 0.245. The van der Waals surface area contributed by atoms with Crippen LogP contribution in [-0.4, -0.2) is 30.6 Å². The van der Waals surface area contributed by atoms with Crippen LogP contribution >= 0.6 is 12.2 Å². The van der Waals surface area contributed by atoms with Crippen LogP contribution in [0.2, 0.25) is 0 Å². The molecule has 31 heavy (non-hydrogen) atoms. The number of rotatable bonds is 5. The molecule has 6 heteroatoms. The minimum atomic E-state index is 0.0594. The fourth-order valence-corrected chi connectivity index (χ4v) is 5.70. The van der Waals surface area contributed by atoms with E-state index >= 15 is 0 Å². The van der Waals surface area contributed by atoms with Gasteiger partial charge in [-0.3, -0.25) is 9.97 Å². The molecule has 0 bridgehead atoms. The van der Waals surface area contributed by atoms with Crippen LogP contribution in [0, 0.1) is 13.8 Å². The van der Waals surface area contributed by atoms with Gasteiger partial charge in [0.2, 0.25) is 0 Å². The Morgan fingerprint density at radius 3 is 2.55 bits per heavy atom. The van der Waals surface area contributed by atoms with Gasteiger partial charge >= 0.3 is 0 Å². The van der Waals surface area contributed by atoms with Gasteiger partial charge in [-0.2, -0.15) is 0 Å². The molecule has 3 aromatic heterocycles. The van der Waals surface area contributed by atoms with Crippen LogP contribution in [-0.2, 0) is 6.54 Å². The molecule has 2 aliphatic rings. The van der Waals surface area contributed by atoms with Crippen molar-refractivity contribution in [3.8, 4) is 0 Å². The third kappa shape index (κ3) is 3.74. The highest BCUT2D eigenvalue weighted by Crippen LogP contribution is 2.44. The Hall–Kier alpha value is -2.73. The Morgan fingerprint density at radius 1 is 1.06 bits per heavy atom. The minimum absolute atomic E-state index is 0.0594. The second-order valence-electron chi connectivity index (χ2n) is 8.74. The summed E-state index contributed by atoms with van der Waals surface area (Å²) in [6.45, 7) is 5.30. The van der Waals surface area contributed by atoms with Gasteiger partial charge in [-0.05, 0) is 80.4 Å². The second kappa shape index (κ2) is 8.42. The van der Waals surface area contributed by atoms with Crippen LogP contribution < -0.4 is 5.32 Å². The standard InChI is InChI=1S/C25H29N5S/c1-17-15-21(18(2)29(17)16-19-10-13-26-14-11-19)24-23(22-9-5-6-12-27-22)28-25(31)30(24)20-7-3-4-8-20/h5-6,9-15,20,23-24H,3-4,7-8,16H2,1-2H3,(H,28,31)/t23-,24+/m1/s1. The van der Waals surface area contributed by atoms with Crippen molar-refractivity contribution < 1.29 is 0 Å². The summed E-state index contributed by atoms with van der Waals surface area (Å²) in [5.41, 5.74) is 6.23. The van der Waals surface area contributed by atoms with E-state index in [1.54, 1.807) is 0 Å². The molecule has 0 aromatic carbocycles. The fraction of sp³-hybridized carbons (Fsp3) is 0.400. The molecule has 0 radical (unpaired) electrons. The number of aryl methyl sites for hydroxylation is 1. The van der Waals surface area contributed by atoms with Crippen molar-refractivity contribution in [2.45, 2.75) is 64.2 Å². The third-order valence-corrected chi connectivity index (χ3v) is 7.20. The molecule has 0 amide bonds. The summed E-state index contributed by atoms with van der Waals surface area (Å²) in [7, 11) is 0. The van der Waals surface area contributed by atoms with E-state index < -0.39 is 0 Å². The quantitative estimate of drug-likeness (QED) is 0.585. The van der Waals surface area contributed by atoms with Crippen molar-refractivity contribution in [2.75, 3.05) is 0 Å². The van der Waals surface area contributed by atoms with Gasteiger partial charge in [0.1, 0.15) is 0 Å². The molecule has 5 rings (SSSR count). The first-order valence-corrected chi connectivity index (χ1v) is 11.6. The van der Waals surface area contributed by atoms with E-state index in [2.05, 4.69) is 63.9 Å². The molecule has 1 saturated carbocycles. The molecule has 0 spiro atoms. The van der Waals surface area contributed by atoms with Gasteiger partial charge in [0, 0.05) is 42.6 Å². The Bertz CT molecular complexity index is 1060. The van der Waals surface area contributed by atoms with Crippen LogP contribution in [0.1, 0.15) is 66.0 Å². The lowest BCUT2D eigenvalue weighted by Crippen LogP contribution is -2.37. The summed E-state index contributed by atoms with van der Waals surface area (Å²) < 4.78 is 2.41. The minimum Gasteiger partial charge on any atom is -0.352 e. The van der Waals surface area contributed by atoms with Crippen molar-refractivity contribution in [1.82, 2.24) is 24.8 Å². The molecular formula is C25H29N5S. The maximum absolute atomic E-state index is 5.89. The van der Waals surface area contributed by atoms with E-state index in [-0.39, 0.29) is 12.1 Å². The van der Waals surface area contributed by atoms with E-state index in [1.165, 1.54) is 48.2 Å². The average molecular weight is 432 g/mol. The van der Waals surface area contributed by atoms with Crippen molar-refractivity contribution in [3.63, 3.8) is 0 Å². The predicted molar refractivity (Wildman–Crippen MR) is 127 cm³/mol. The van der Waals surface area contributed by atoms with Crippen LogP contribution in [0.5, 0.6) is 0 Å². The van der Waals surface area contributed by atoms with Gasteiger partial charge in [0.25, 0.3) is 0 Å². The number of hydrogen-bond donors (Lipinski definition) is 1. The summed E-state index contributed by atoms with van der Waals surface area (Å²) in [6, 6.07) is 13.4. The van der Waals surface area contributed by atoms with Gasteiger partial charge in [0.15, 0.2) is 5.11 Å². The molecular weight excluding hydrogens is 402 g/mol. The first-order chi connectivity index (χ1) is 15.1. The highest BCUT2D eigenvalue weighted by atomic mass is 32.1. The topological polar surface area (TPSA) is 46.0 Å². The third-order valence-electron chi connectivity index (χ3n) is 6.87. The van der Waals surface area contributed by atoms with Crippen molar-refractivity contribution >= 4 is 17.3 Å². The van der Waals surface area contributed by atoms with Crippen LogP contribution in [0.15, 0.2) is 55.0 Å². The first-order valence-electron chi connectivity index (χ1n) is 11.2. The molecule has 160 valence electrons. The number of nitrogens with one attached hydrogen (secondary N) is 1. The molecule has 2 fully saturated rings. The number of thiocarbonyl (C=S) groups is 1. The smallest absolute Gasteiger partial charge is 0.170 e. The molecule has 3 aromatic rings. The molecule has 1 aliphatic heterocycles. The van der Waals surface area contributed by atoms with Crippen LogP contribution in [0.25, 0.3) is 0 Å². The summed E-state index contributed by atoms with van der Waals surface area (Å²) in [5.74, 6) is 0. The molecule has 1 saturated heterocycles. The van der Waals surface area contributed by atoms with Crippen LogP contribution in [0.4, 0.5) is 0 Å². The van der Waals surface area contributed by atoms with Crippen molar-refractivity contribution in [1.29, 1.82) is 0 Å². The SMILES string of the molecule is Cc1cc([C@H]2[C@@H](c3ccccn3)NC(=S)N2C2CCCC2)c(C)n1Cc1ccncc1. The number of hydrogen-bond acceptors (Lipinski definition) is 3. The van der Waals surface area contributed by atoms with E-state index in [0.717, 1.165) is 17.4 Å². The second-order valence-corrected chi connectivity index (χ2v) is 9.13. The Kier molecular flexibility index (Phi) is 5.48.